The highest BCUT2D eigenvalue weighted by Gasteiger charge is 2.24. The summed E-state index contributed by atoms with van der Waals surface area (Å²) in [5.74, 6) is -1.78. The van der Waals surface area contributed by atoms with Gasteiger partial charge >= 0.3 is 5.82 Å². The number of hydrogen-bond acceptors (Lipinski definition) is 5. The highest BCUT2D eigenvalue weighted by Crippen LogP contribution is 2.28. The van der Waals surface area contributed by atoms with Crippen LogP contribution in [0.5, 0.6) is 0 Å². The molecule has 6 nitrogen and oxygen atoms in total. The Morgan fingerprint density at radius 2 is 2.00 bits per heavy atom. The fraction of sp³-hybridized carbons (Fsp3) is 0.211. The lowest BCUT2D eigenvalue weighted by Gasteiger charge is -2.20. The molecule has 29 heavy (non-hydrogen) atoms. The third kappa shape index (κ3) is 5.31. The van der Waals surface area contributed by atoms with Crippen LogP contribution in [0.4, 0.5) is 14.6 Å². The lowest BCUT2D eigenvalue weighted by atomic mass is 10.1. The van der Waals surface area contributed by atoms with Crippen LogP contribution in [-0.4, -0.2) is 20.7 Å². The number of ether oxygens (including phenoxy) is 1. The van der Waals surface area contributed by atoms with E-state index < -0.39 is 22.7 Å². The standard InChI is InChI=1S/C19H16ClF2N3O3S/c1-29-19-23-18(25(26)27)10-24(19)9-17(15-7-6-14(21)8-16(15)22)28-11-12-2-4-13(20)5-3-12/h2-8,10,17H,9,11H2,1H3. The maximum Gasteiger partial charge on any atom is 0.382 e. The Labute approximate surface area is 174 Å². The van der Waals surface area contributed by atoms with E-state index in [2.05, 4.69) is 4.98 Å². The Morgan fingerprint density at radius 3 is 2.62 bits per heavy atom. The molecule has 3 aromatic rings. The van der Waals surface area contributed by atoms with Gasteiger partial charge in [-0.05, 0) is 39.9 Å². The largest absolute Gasteiger partial charge is 0.382 e. The molecule has 0 aliphatic carbocycles. The van der Waals surface area contributed by atoms with E-state index in [0.717, 1.165) is 17.7 Å². The zero-order valence-corrected chi connectivity index (χ0v) is 16.8. The average Bonchev–Trinajstić information content (AvgIpc) is 3.10. The topological polar surface area (TPSA) is 70.2 Å². The molecule has 0 spiro atoms. The van der Waals surface area contributed by atoms with E-state index in [9.17, 15) is 18.9 Å². The minimum Gasteiger partial charge on any atom is -0.367 e. The smallest absolute Gasteiger partial charge is 0.367 e. The van der Waals surface area contributed by atoms with Crippen LogP contribution in [0.3, 0.4) is 0 Å². The second-order valence-electron chi connectivity index (χ2n) is 6.09. The maximum absolute atomic E-state index is 14.4. The van der Waals surface area contributed by atoms with Gasteiger partial charge in [-0.3, -0.25) is 4.57 Å². The number of aromatic nitrogens is 2. The summed E-state index contributed by atoms with van der Waals surface area (Å²) >= 11 is 7.10. The van der Waals surface area contributed by atoms with Gasteiger partial charge in [0.25, 0.3) is 5.16 Å². The van der Waals surface area contributed by atoms with E-state index in [-0.39, 0.29) is 24.5 Å². The van der Waals surface area contributed by atoms with Crippen molar-refractivity contribution in [2.75, 3.05) is 6.26 Å². The van der Waals surface area contributed by atoms with Gasteiger partial charge in [-0.2, -0.15) is 0 Å². The molecule has 0 radical (unpaired) electrons. The Morgan fingerprint density at radius 1 is 1.28 bits per heavy atom. The van der Waals surface area contributed by atoms with Crippen molar-refractivity contribution in [3.05, 3.63) is 86.6 Å². The van der Waals surface area contributed by atoms with Crippen molar-refractivity contribution in [3.63, 3.8) is 0 Å². The molecule has 0 aliphatic heterocycles. The van der Waals surface area contributed by atoms with E-state index in [4.69, 9.17) is 16.3 Å². The fourth-order valence-electron chi connectivity index (χ4n) is 2.73. The molecule has 0 saturated heterocycles. The molecule has 0 aliphatic rings. The van der Waals surface area contributed by atoms with Gasteiger partial charge in [-0.15, -0.1) is 0 Å². The summed E-state index contributed by atoms with van der Waals surface area (Å²) in [5.41, 5.74) is 0.951. The van der Waals surface area contributed by atoms with E-state index in [1.165, 1.54) is 28.6 Å². The number of rotatable bonds is 8. The predicted molar refractivity (Wildman–Crippen MR) is 106 cm³/mol. The van der Waals surface area contributed by atoms with Gasteiger partial charge in [-0.1, -0.05) is 41.6 Å². The summed E-state index contributed by atoms with van der Waals surface area (Å²) in [6.07, 6.45) is 2.17. The summed E-state index contributed by atoms with van der Waals surface area (Å²) in [6.45, 7) is 0.206. The van der Waals surface area contributed by atoms with Crippen LogP contribution in [0.2, 0.25) is 5.02 Å². The van der Waals surface area contributed by atoms with Gasteiger partial charge < -0.3 is 14.9 Å². The first kappa shape index (κ1) is 21.2. The first-order chi connectivity index (χ1) is 13.9. The number of benzene rings is 2. The van der Waals surface area contributed by atoms with Gasteiger partial charge in [-0.25, -0.2) is 8.78 Å². The third-order valence-electron chi connectivity index (χ3n) is 4.13. The highest BCUT2D eigenvalue weighted by atomic mass is 35.5. The van der Waals surface area contributed by atoms with Gasteiger partial charge in [0.2, 0.25) is 0 Å². The summed E-state index contributed by atoms with van der Waals surface area (Å²) in [7, 11) is 0. The quantitative estimate of drug-likeness (QED) is 0.267. The molecule has 2 aromatic carbocycles. The summed E-state index contributed by atoms with van der Waals surface area (Å²) in [5, 5.41) is 12.0. The molecule has 0 amide bonds. The number of nitrogens with zero attached hydrogens (tertiary/aromatic N) is 3. The number of thioether (sulfide) groups is 1. The van der Waals surface area contributed by atoms with Gasteiger partial charge in [0, 0.05) is 16.7 Å². The van der Waals surface area contributed by atoms with Crippen molar-refractivity contribution in [1.29, 1.82) is 0 Å². The summed E-state index contributed by atoms with van der Waals surface area (Å²) in [6, 6.07) is 10.2. The predicted octanol–water partition coefficient (Wildman–Crippen LogP) is 5.40. The zero-order chi connectivity index (χ0) is 21.0. The number of nitro groups is 1. The van der Waals surface area contributed by atoms with Crippen LogP contribution in [0.15, 0.2) is 53.8 Å². The minimum absolute atomic E-state index is 0.0627. The first-order valence-electron chi connectivity index (χ1n) is 8.44. The van der Waals surface area contributed by atoms with E-state index in [1.54, 1.807) is 30.5 Å². The summed E-state index contributed by atoms with van der Waals surface area (Å²) < 4.78 is 35.2. The molecule has 1 unspecified atom stereocenters. The van der Waals surface area contributed by atoms with Crippen LogP contribution < -0.4 is 0 Å². The SMILES string of the molecule is CSc1nc([N+](=O)[O-])cn1CC(OCc1ccc(Cl)cc1)c1ccc(F)cc1F. The van der Waals surface area contributed by atoms with Crippen molar-refractivity contribution in [1.82, 2.24) is 9.55 Å². The normalized spacial score (nSPS) is 12.1. The van der Waals surface area contributed by atoms with Crippen molar-refractivity contribution >= 4 is 29.2 Å². The molecule has 0 fully saturated rings. The van der Waals surface area contributed by atoms with Crippen LogP contribution in [0, 0.1) is 21.7 Å². The molecule has 1 atom stereocenters. The van der Waals surface area contributed by atoms with E-state index >= 15 is 0 Å². The monoisotopic (exact) mass is 439 g/mol. The Hall–Kier alpha value is -2.49. The van der Waals surface area contributed by atoms with Gasteiger partial charge in [0.05, 0.1) is 13.2 Å². The van der Waals surface area contributed by atoms with Crippen molar-refractivity contribution in [2.24, 2.45) is 0 Å². The molecular weight excluding hydrogens is 424 g/mol. The number of imidazole rings is 1. The maximum atomic E-state index is 14.4. The molecule has 0 bridgehead atoms. The molecule has 10 heteroatoms. The third-order valence-corrected chi connectivity index (χ3v) is 5.08. The van der Waals surface area contributed by atoms with Crippen molar-refractivity contribution < 1.29 is 18.4 Å². The molecular formula is C19H16ClF2N3O3S. The Balaban J connectivity index is 1.90. The second-order valence-corrected chi connectivity index (χ2v) is 7.30. The Bertz CT molecular complexity index is 1010. The van der Waals surface area contributed by atoms with Crippen LogP contribution in [-0.2, 0) is 17.9 Å². The minimum atomic E-state index is -0.828. The average molecular weight is 440 g/mol. The molecule has 1 heterocycles. The molecule has 1 aromatic heterocycles. The van der Waals surface area contributed by atoms with Gasteiger partial charge in [0.1, 0.15) is 23.9 Å². The van der Waals surface area contributed by atoms with Crippen molar-refractivity contribution in [2.45, 2.75) is 24.4 Å². The zero-order valence-electron chi connectivity index (χ0n) is 15.2. The summed E-state index contributed by atoms with van der Waals surface area (Å²) in [4.78, 5) is 14.4. The number of hydrogen-bond donors (Lipinski definition) is 0. The highest BCUT2D eigenvalue weighted by molar-refractivity contribution is 7.98. The fourth-order valence-corrected chi connectivity index (χ4v) is 3.40. The van der Waals surface area contributed by atoms with Crippen LogP contribution in [0.1, 0.15) is 17.2 Å². The second kappa shape index (κ2) is 9.34. The Kier molecular flexibility index (Phi) is 6.83. The van der Waals surface area contributed by atoms with Crippen LogP contribution in [0.25, 0.3) is 0 Å². The first-order valence-corrected chi connectivity index (χ1v) is 10.0. The van der Waals surface area contributed by atoms with Gasteiger partial charge in [0.15, 0.2) is 0 Å². The lowest BCUT2D eigenvalue weighted by molar-refractivity contribution is -0.389. The lowest BCUT2D eigenvalue weighted by Crippen LogP contribution is -2.15. The van der Waals surface area contributed by atoms with E-state index in [0.29, 0.717) is 10.2 Å². The van der Waals surface area contributed by atoms with E-state index in [1.807, 2.05) is 0 Å². The molecule has 152 valence electrons. The number of halogens is 3. The molecule has 3 rings (SSSR count). The van der Waals surface area contributed by atoms with Crippen LogP contribution >= 0.6 is 23.4 Å². The molecule has 0 saturated carbocycles. The van der Waals surface area contributed by atoms with Crippen molar-refractivity contribution in [3.8, 4) is 0 Å². The molecule has 0 N–H and O–H groups in total.